The number of carbonyl (C=O) groups is 1. The zero-order valence-electron chi connectivity index (χ0n) is 10.6. The topological polar surface area (TPSA) is 50.6 Å². The highest BCUT2D eigenvalue weighted by molar-refractivity contribution is 5.92. The summed E-state index contributed by atoms with van der Waals surface area (Å²) in [4.78, 5) is 16.4. The quantitative estimate of drug-likeness (QED) is 0.707. The standard InChI is InChI=1S/C12H18N4O2/c1-14-4-6-15(7-5-14)12(17)10-9-11-16(13-10)3-2-8-18-11/h9H,2-8H2,1H3. The Morgan fingerprint density at radius 2 is 2.06 bits per heavy atom. The molecule has 6 nitrogen and oxygen atoms in total. The van der Waals surface area contributed by atoms with Crippen molar-refractivity contribution in [1.82, 2.24) is 19.6 Å². The van der Waals surface area contributed by atoms with E-state index >= 15 is 0 Å². The molecule has 2 aliphatic rings. The Morgan fingerprint density at radius 3 is 2.78 bits per heavy atom. The van der Waals surface area contributed by atoms with Crippen molar-refractivity contribution in [3.63, 3.8) is 0 Å². The number of rotatable bonds is 1. The number of ether oxygens (including phenoxy) is 1. The molecule has 0 aliphatic carbocycles. The minimum Gasteiger partial charge on any atom is -0.478 e. The summed E-state index contributed by atoms with van der Waals surface area (Å²) in [7, 11) is 2.07. The number of piperazine rings is 1. The molecule has 3 heterocycles. The van der Waals surface area contributed by atoms with Gasteiger partial charge in [0, 0.05) is 45.2 Å². The molecule has 1 aromatic rings. The van der Waals surface area contributed by atoms with E-state index in [1.54, 1.807) is 10.7 Å². The number of fused-ring (bicyclic) bond motifs is 1. The van der Waals surface area contributed by atoms with Gasteiger partial charge in [0.2, 0.25) is 5.88 Å². The lowest BCUT2D eigenvalue weighted by Gasteiger charge is -2.31. The van der Waals surface area contributed by atoms with Crippen molar-refractivity contribution in [3.05, 3.63) is 11.8 Å². The number of nitrogens with zero attached hydrogens (tertiary/aromatic N) is 4. The van der Waals surface area contributed by atoms with Gasteiger partial charge in [-0.25, -0.2) is 4.68 Å². The first-order valence-electron chi connectivity index (χ1n) is 6.42. The molecule has 0 bridgehead atoms. The lowest BCUT2D eigenvalue weighted by Crippen LogP contribution is -2.47. The fraction of sp³-hybridized carbons (Fsp3) is 0.667. The third-order valence-electron chi connectivity index (χ3n) is 3.52. The Balaban J connectivity index is 1.74. The molecule has 0 atom stereocenters. The Labute approximate surface area is 106 Å². The largest absolute Gasteiger partial charge is 0.478 e. The molecule has 6 heteroatoms. The summed E-state index contributed by atoms with van der Waals surface area (Å²) in [6.45, 7) is 4.96. The average Bonchev–Trinajstić information content (AvgIpc) is 2.82. The molecule has 0 unspecified atom stereocenters. The number of aromatic nitrogens is 2. The van der Waals surface area contributed by atoms with Gasteiger partial charge in [-0.2, -0.15) is 5.10 Å². The van der Waals surface area contributed by atoms with Crippen LogP contribution in [0.25, 0.3) is 0 Å². The lowest BCUT2D eigenvalue weighted by molar-refractivity contribution is 0.0657. The maximum atomic E-state index is 12.3. The summed E-state index contributed by atoms with van der Waals surface area (Å²) in [6.07, 6.45) is 0.955. The van der Waals surface area contributed by atoms with E-state index in [4.69, 9.17) is 4.74 Å². The minimum absolute atomic E-state index is 0.0219. The van der Waals surface area contributed by atoms with Gasteiger partial charge < -0.3 is 14.5 Å². The van der Waals surface area contributed by atoms with E-state index in [1.807, 2.05) is 4.90 Å². The first-order valence-corrected chi connectivity index (χ1v) is 6.42. The summed E-state index contributed by atoms with van der Waals surface area (Å²) >= 11 is 0. The van der Waals surface area contributed by atoms with E-state index in [2.05, 4.69) is 17.0 Å². The molecule has 0 N–H and O–H groups in total. The second-order valence-corrected chi connectivity index (χ2v) is 4.89. The average molecular weight is 250 g/mol. The second kappa shape index (κ2) is 4.61. The van der Waals surface area contributed by atoms with Crippen LogP contribution in [0, 0.1) is 0 Å². The number of hydrogen-bond donors (Lipinski definition) is 0. The molecule has 2 aliphatic heterocycles. The zero-order valence-corrected chi connectivity index (χ0v) is 10.6. The van der Waals surface area contributed by atoms with Gasteiger partial charge in [-0.3, -0.25) is 4.79 Å². The van der Waals surface area contributed by atoms with E-state index in [1.165, 1.54) is 0 Å². The van der Waals surface area contributed by atoms with Crippen LogP contribution in [0.1, 0.15) is 16.9 Å². The molecule has 0 radical (unpaired) electrons. The van der Waals surface area contributed by atoms with Crippen LogP contribution >= 0.6 is 0 Å². The summed E-state index contributed by atoms with van der Waals surface area (Å²) in [5, 5.41) is 4.33. The maximum absolute atomic E-state index is 12.3. The fourth-order valence-electron chi connectivity index (χ4n) is 2.34. The van der Waals surface area contributed by atoms with E-state index in [0.29, 0.717) is 12.3 Å². The van der Waals surface area contributed by atoms with Crippen LogP contribution < -0.4 is 4.74 Å². The molecule has 1 saturated heterocycles. The molecular weight excluding hydrogens is 232 g/mol. The van der Waals surface area contributed by atoms with Crippen LogP contribution in [-0.2, 0) is 6.54 Å². The van der Waals surface area contributed by atoms with Crippen molar-refractivity contribution >= 4 is 5.91 Å². The highest BCUT2D eigenvalue weighted by Crippen LogP contribution is 2.19. The SMILES string of the molecule is CN1CCN(C(=O)c2cc3n(n2)CCCO3)CC1. The number of aryl methyl sites for hydroxylation is 1. The monoisotopic (exact) mass is 250 g/mol. The molecule has 1 fully saturated rings. The highest BCUT2D eigenvalue weighted by Gasteiger charge is 2.24. The number of amides is 1. The first kappa shape index (κ1) is 11.5. The van der Waals surface area contributed by atoms with Gasteiger partial charge in [0.25, 0.3) is 5.91 Å². The molecule has 18 heavy (non-hydrogen) atoms. The molecule has 0 aromatic carbocycles. The Morgan fingerprint density at radius 1 is 1.28 bits per heavy atom. The molecule has 0 spiro atoms. The predicted octanol–water partition coefficient (Wildman–Crippen LogP) is 0.0532. The Bertz CT molecular complexity index is 425. The number of carbonyl (C=O) groups excluding carboxylic acids is 1. The first-order chi connectivity index (χ1) is 8.74. The van der Waals surface area contributed by atoms with E-state index in [9.17, 15) is 4.79 Å². The van der Waals surface area contributed by atoms with Gasteiger partial charge in [-0.15, -0.1) is 0 Å². The molecule has 98 valence electrons. The summed E-state index contributed by atoms with van der Waals surface area (Å²) in [6, 6.07) is 1.76. The molecule has 0 saturated carbocycles. The molecule has 1 amide bonds. The third kappa shape index (κ3) is 2.08. The van der Waals surface area contributed by atoms with Crippen LogP contribution in [-0.4, -0.2) is 65.3 Å². The van der Waals surface area contributed by atoms with Crippen LogP contribution in [0.5, 0.6) is 5.88 Å². The summed E-state index contributed by atoms with van der Waals surface area (Å²) in [5.74, 6) is 0.743. The van der Waals surface area contributed by atoms with Crippen molar-refractivity contribution in [3.8, 4) is 5.88 Å². The van der Waals surface area contributed by atoms with E-state index < -0.39 is 0 Å². The van der Waals surface area contributed by atoms with Crippen molar-refractivity contribution in [2.24, 2.45) is 0 Å². The predicted molar refractivity (Wildman–Crippen MR) is 65.7 cm³/mol. The Hall–Kier alpha value is -1.56. The van der Waals surface area contributed by atoms with Gasteiger partial charge in [-0.05, 0) is 7.05 Å². The van der Waals surface area contributed by atoms with E-state index in [0.717, 1.165) is 45.0 Å². The lowest BCUT2D eigenvalue weighted by atomic mass is 10.3. The second-order valence-electron chi connectivity index (χ2n) is 4.89. The summed E-state index contributed by atoms with van der Waals surface area (Å²) < 4.78 is 7.26. The van der Waals surface area contributed by atoms with Crippen LogP contribution in [0.3, 0.4) is 0 Å². The van der Waals surface area contributed by atoms with Crippen molar-refractivity contribution < 1.29 is 9.53 Å². The van der Waals surface area contributed by atoms with Crippen molar-refractivity contribution in [1.29, 1.82) is 0 Å². The van der Waals surface area contributed by atoms with Gasteiger partial charge in [0.05, 0.1) is 6.61 Å². The minimum atomic E-state index is 0.0219. The van der Waals surface area contributed by atoms with Gasteiger partial charge >= 0.3 is 0 Å². The van der Waals surface area contributed by atoms with Crippen molar-refractivity contribution in [2.75, 3.05) is 39.8 Å². The Kier molecular flexibility index (Phi) is 2.95. The van der Waals surface area contributed by atoms with Crippen LogP contribution in [0.15, 0.2) is 6.07 Å². The van der Waals surface area contributed by atoms with Crippen molar-refractivity contribution in [2.45, 2.75) is 13.0 Å². The van der Waals surface area contributed by atoms with Gasteiger partial charge in [0.1, 0.15) is 0 Å². The molecule has 3 rings (SSSR count). The van der Waals surface area contributed by atoms with Gasteiger partial charge in [-0.1, -0.05) is 0 Å². The van der Waals surface area contributed by atoms with E-state index in [-0.39, 0.29) is 5.91 Å². The number of hydrogen-bond acceptors (Lipinski definition) is 4. The third-order valence-corrected chi connectivity index (χ3v) is 3.52. The zero-order chi connectivity index (χ0) is 12.5. The molecular formula is C12H18N4O2. The van der Waals surface area contributed by atoms with Crippen LogP contribution in [0.4, 0.5) is 0 Å². The summed E-state index contributed by atoms with van der Waals surface area (Å²) in [5.41, 5.74) is 0.511. The van der Waals surface area contributed by atoms with Crippen LogP contribution in [0.2, 0.25) is 0 Å². The highest BCUT2D eigenvalue weighted by atomic mass is 16.5. The maximum Gasteiger partial charge on any atom is 0.274 e. The normalized spacial score (nSPS) is 20.4. The number of likely N-dealkylation sites (N-methyl/N-ethyl adjacent to an activating group) is 1. The fourth-order valence-corrected chi connectivity index (χ4v) is 2.34. The smallest absolute Gasteiger partial charge is 0.274 e. The molecule has 1 aromatic heterocycles. The van der Waals surface area contributed by atoms with Gasteiger partial charge in [0.15, 0.2) is 5.69 Å².